The zero-order chi connectivity index (χ0) is 14.8. The number of nitriles is 1. The molecule has 0 aliphatic carbocycles. The van der Waals surface area contributed by atoms with Crippen LogP contribution in [0.15, 0.2) is 41.4 Å². The summed E-state index contributed by atoms with van der Waals surface area (Å²) < 4.78 is 26.6. The van der Waals surface area contributed by atoms with Crippen LogP contribution in [0.2, 0.25) is 5.02 Å². The number of hydrogen-bond acceptors (Lipinski definition) is 5. The molecule has 6 nitrogen and oxygen atoms in total. The first-order valence-corrected chi connectivity index (χ1v) is 7.23. The van der Waals surface area contributed by atoms with Crippen LogP contribution in [0.5, 0.6) is 0 Å². The molecule has 0 fully saturated rings. The molecule has 0 spiro atoms. The van der Waals surface area contributed by atoms with Crippen molar-refractivity contribution in [2.24, 2.45) is 0 Å². The predicted octanol–water partition coefficient (Wildman–Crippen LogP) is 1.99. The Morgan fingerprint density at radius 3 is 2.60 bits per heavy atom. The van der Waals surface area contributed by atoms with E-state index in [9.17, 15) is 8.42 Å². The Kier molecular flexibility index (Phi) is 3.79. The summed E-state index contributed by atoms with van der Waals surface area (Å²) in [7, 11) is -3.87. The summed E-state index contributed by atoms with van der Waals surface area (Å²) in [4.78, 5) is 3.62. The number of nitrogens with one attached hydrogen (secondary N) is 1. The van der Waals surface area contributed by atoms with E-state index >= 15 is 0 Å². The first-order valence-electron chi connectivity index (χ1n) is 5.37. The topological polar surface area (TPSA) is 109 Å². The van der Waals surface area contributed by atoms with E-state index < -0.39 is 10.0 Å². The molecule has 8 heteroatoms. The molecule has 0 atom stereocenters. The van der Waals surface area contributed by atoms with Gasteiger partial charge in [-0.3, -0.25) is 4.72 Å². The van der Waals surface area contributed by atoms with Crippen molar-refractivity contribution in [3.8, 4) is 6.07 Å². The summed E-state index contributed by atoms with van der Waals surface area (Å²) in [5, 5.41) is 8.82. The van der Waals surface area contributed by atoms with Gasteiger partial charge in [0, 0.05) is 6.20 Å². The second-order valence-electron chi connectivity index (χ2n) is 3.80. The molecule has 3 N–H and O–H groups in total. The van der Waals surface area contributed by atoms with Gasteiger partial charge in [0.2, 0.25) is 0 Å². The van der Waals surface area contributed by atoms with Crippen molar-refractivity contribution in [3.63, 3.8) is 0 Å². The number of pyridine rings is 1. The van der Waals surface area contributed by atoms with E-state index in [0.717, 1.165) is 6.20 Å². The molecule has 0 bridgehead atoms. The average Bonchev–Trinajstić information content (AvgIpc) is 2.43. The SMILES string of the molecule is N#Cc1ccc(S(=O)(=O)Nc2c(N)cccc2Cl)cn1. The number of nitrogens with zero attached hydrogens (tertiary/aromatic N) is 2. The number of nitrogen functional groups attached to an aromatic ring is 1. The van der Waals surface area contributed by atoms with Gasteiger partial charge in [-0.05, 0) is 24.3 Å². The Bertz CT molecular complexity index is 762. The lowest BCUT2D eigenvalue weighted by atomic mass is 10.3. The van der Waals surface area contributed by atoms with Crippen LogP contribution in [0.25, 0.3) is 0 Å². The van der Waals surface area contributed by atoms with Crippen molar-refractivity contribution < 1.29 is 8.42 Å². The summed E-state index contributed by atoms with van der Waals surface area (Å²) >= 11 is 5.91. The van der Waals surface area contributed by atoms with E-state index in [1.165, 1.54) is 24.3 Å². The summed E-state index contributed by atoms with van der Waals surface area (Å²) in [6.45, 7) is 0. The monoisotopic (exact) mass is 308 g/mol. The molecule has 0 saturated heterocycles. The predicted molar refractivity (Wildman–Crippen MR) is 75.6 cm³/mol. The van der Waals surface area contributed by atoms with E-state index in [2.05, 4.69) is 9.71 Å². The number of benzene rings is 1. The molecule has 0 amide bonds. The van der Waals surface area contributed by atoms with E-state index in [0.29, 0.717) is 0 Å². The lowest BCUT2D eigenvalue weighted by Gasteiger charge is -2.11. The van der Waals surface area contributed by atoms with Gasteiger partial charge in [-0.2, -0.15) is 5.26 Å². The van der Waals surface area contributed by atoms with Crippen molar-refractivity contribution in [1.29, 1.82) is 5.26 Å². The number of rotatable bonds is 3. The Morgan fingerprint density at radius 1 is 1.30 bits per heavy atom. The third-order valence-electron chi connectivity index (χ3n) is 2.44. The quantitative estimate of drug-likeness (QED) is 0.843. The van der Waals surface area contributed by atoms with Gasteiger partial charge >= 0.3 is 0 Å². The molecule has 1 aromatic heterocycles. The van der Waals surface area contributed by atoms with E-state index in [1.807, 2.05) is 0 Å². The fourth-order valence-electron chi connectivity index (χ4n) is 1.45. The zero-order valence-electron chi connectivity index (χ0n) is 10.0. The van der Waals surface area contributed by atoms with Crippen LogP contribution in [0, 0.1) is 11.3 Å². The maximum absolute atomic E-state index is 12.2. The van der Waals surface area contributed by atoms with Gasteiger partial charge in [0.15, 0.2) is 0 Å². The number of nitrogens with two attached hydrogens (primary N) is 1. The molecule has 0 saturated carbocycles. The van der Waals surface area contributed by atoms with Gasteiger partial charge < -0.3 is 5.73 Å². The number of aromatic nitrogens is 1. The molecule has 2 aromatic rings. The lowest BCUT2D eigenvalue weighted by Crippen LogP contribution is -2.14. The van der Waals surface area contributed by atoms with Crippen LogP contribution in [0.4, 0.5) is 11.4 Å². The van der Waals surface area contributed by atoms with Crippen LogP contribution in [-0.2, 0) is 10.0 Å². The molecule has 1 heterocycles. The molecule has 0 unspecified atom stereocenters. The Balaban J connectivity index is 2.38. The van der Waals surface area contributed by atoms with Crippen molar-refractivity contribution in [3.05, 3.63) is 47.2 Å². The Hall–Kier alpha value is -2.30. The molecule has 0 aliphatic heterocycles. The van der Waals surface area contributed by atoms with Gasteiger partial charge in [-0.25, -0.2) is 13.4 Å². The van der Waals surface area contributed by atoms with Crippen LogP contribution >= 0.6 is 11.6 Å². The van der Waals surface area contributed by atoms with Crippen molar-refractivity contribution in [1.82, 2.24) is 4.98 Å². The smallest absolute Gasteiger partial charge is 0.263 e. The normalized spacial score (nSPS) is 10.8. The van der Waals surface area contributed by atoms with Gasteiger partial charge in [-0.15, -0.1) is 0 Å². The fourth-order valence-corrected chi connectivity index (χ4v) is 2.79. The molecular formula is C12H9ClN4O2S. The molecule has 102 valence electrons. The van der Waals surface area contributed by atoms with E-state index in [4.69, 9.17) is 22.6 Å². The molecule has 0 aliphatic rings. The van der Waals surface area contributed by atoms with Crippen LogP contribution < -0.4 is 10.5 Å². The summed E-state index contributed by atoms with van der Waals surface area (Å²) in [5.41, 5.74) is 6.13. The largest absolute Gasteiger partial charge is 0.397 e. The van der Waals surface area contributed by atoms with Gasteiger partial charge in [0.05, 0.1) is 16.4 Å². The molecule has 20 heavy (non-hydrogen) atoms. The second kappa shape index (κ2) is 5.36. The fraction of sp³-hybridized carbons (Fsp3) is 0. The third kappa shape index (κ3) is 2.82. The highest BCUT2D eigenvalue weighted by atomic mass is 35.5. The Morgan fingerprint density at radius 2 is 2.05 bits per heavy atom. The summed E-state index contributed by atoms with van der Waals surface area (Å²) in [5.74, 6) is 0. The number of hydrogen-bond donors (Lipinski definition) is 2. The molecule has 0 radical (unpaired) electrons. The number of para-hydroxylation sites is 1. The van der Waals surface area contributed by atoms with Crippen molar-refractivity contribution in [2.45, 2.75) is 4.90 Å². The van der Waals surface area contributed by atoms with Crippen LogP contribution in [0.3, 0.4) is 0 Å². The summed E-state index contributed by atoms with van der Waals surface area (Å²) in [6, 6.07) is 9.05. The van der Waals surface area contributed by atoms with Gasteiger partial charge in [-0.1, -0.05) is 17.7 Å². The zero-order valence-corrected chi connectivity index (χ0v) is 11.6. The first-order chi connectivity index (χ1) is 9.44. The van der Waals surface area contributed by atoms with Crippen molar-refractivity contribution in [2.75, 3.05) is 10.5 Å². The van der Waals surface area contributed by atoms with Crippen LogP contribution in [0.1, 0.15) is 5.69 Å². The van der Waals surface area contributed by atoms with Gasteiger partial charge in [0.1, 0.15) is 16.7 Å². The molecular weight excluding hydrogens is 300 g/mol. The van der Waals surface area contributed by atoms with E-state index in [-0.39, 0.29) is 27.0 Å². The maximum atomic E-state index is 12.2. The molecule has 2 rings (SSSR count). The van der Waals surface area contributed by atoms with E-state index in [1.54, 1.807) is 12.1 Å². The molecule has 1 aromatic carbocycles. The maximum Gasteiger partial charge on any atom is 0.263 e. The minimum Gasteiger partial charge on any atom is -0.397 e. The second-order valence-corrected chi connectivity index (χ2v) is 5.89. The highest BCUT2D eigenvalue weighted by Gasteiger charge is 2.17. The third-order valence-corrected chi connectivity index (χ3v) is 4.09. The standard InChI is InChI=1S/C12H9ClN4O2S/c13-10-2-1-3-11(15)12(10)17-20(18,19)9-5-4-8(6-14)16-7-9/h1-5,7,17H,15H2. The highest BCUT2D eigenvalue weighted by Crippen LogP contribution is 2.29. The number of halogens is 1. The summed E-state index contributed by atoms with van der Waals surface area (Å²) in [6.07, 6.45) is 1.09. The number of anilines is 2. The number of sulfonamides is 1. The Labute approximate surface area is 120 Å². The minimum atomic E-state index is -3.87. The first kappa shape index (κ1) is 14.1. The van der Waals surface area contributed by atoms with Crippen LogP contribution in [-0.4, -0.2) is 13.4 Å². The lowest BCUT2D eigenvalue weighted by molar-refractivity contribution is 0.601. The average molecular weight is 309 g/mol. The van der Waals surface area contributed by atoms with Crippen molar-refractivity contribution >= 4 is 33.0 Å². The minimum absolute atomic E-state index is 0.0872. The van der Waals surface area contributed by atoms with Gasteiger partial charge in [0.25, 0.3) is 10.0 Å². The highest BCUT2D eigenvalue weighted by molar-refractivity contribution is 7.92.